The summed E-state index contributed by atoms with van der Waals surface area (Å²) in [6.07, 6.45) is 0. The standard InChI is InChI=1S/C20H30N4O2S.HI/c1-13-9-16(18-17(10-13)14(2)15(3)23-18)11-22-19(21-6)24-7-8-27(25,26)20(4,5)12-24;/h9-10,23H,7-8,11-12H2,1-6H3,(H,21,22);1H. The van der Waals surface area contributed by atoms with Gasteiger partial charge in [0.15, 0.2) is 15.8 Å². The number of guanidine groups is 1. The van der Waals surface area contributed by atoms with E-state index in [2.05, 4.69) is 48.2 Å². The van der Waals surface area contributed by atoms with Gasteiger partial charge in [0.05, 0.1) is 16.0 Å². The largest absolute Gasteiger partial charge is 0.358 e. The summed E-state index contributed by atoms with van der Waals surface area (Å²) in [5.74, 6) is 0.900. The van der Waals surface area contributed by atoms with Gasteiger partial charge < -0.3 is 15.2 Å². The molecular weight excluding hydrogens is 487 g/mol. The van der Waals surface area contributed by atoms with Gasteiger partial charge in [-0.1, -0.05) is 11.6 Å². The van der Waals surface area contributed by atoms with Crippen molar-refractivity contribution in [3.05, 3.63) is 34.5 Å². The maximum atomic E-state index is 12.3. The molecule has 0 unspecified atom stereocenters. The van der Waals surface area contributed by atoms with Crippen LogP contribution in [0.1, 0.15) is 36.2 Å². The zero-order chi connectivity index (χ0) is 20.0. The number of rotatable bonds is 2. The summed E-state index contributed by atoms with van der Waals surface area (Å²) in [6.45, 7) is 11.5. The normalized spacial score (nSPS) is 18.8. The number of hydrogen-bond acceptors (Lipinski definition) is 3. The second kappa shape index (κ2) is 8.22. The van der Waals surface area contributed by atoms with Crippen LogP contribution in [0.2, 0.25) is 0 Å². The van der Waals surface area contributed by atoms with E-state index in [0.29, 0.717) is 19.6 Å². The van der Waals surface area contributed by atoms with Crippen LogP contribution in [0.15, 0.2) is 17.1 Å². The molecule has 0 radical (unpaired) electrons. The van der Waals surface area contributed by atoms with Crippen LogP contribution in [0, 0.1) is 20.8 Å². The minimum atomic E-state index is -3.07. The molecule has 2 N–H and O–H groups in total. The lowest BCUT2D eigenvalue weighted by Crippen LogP contribution is -2.57. The van der Waals surface area contributed by atoms with Crippen LogP contribution in [0.5, 0.6) is 0 Å². The van der Waals surface area contributed by atoms with Crippen LogP contribution in [0.4, 0.5) is 0 Å². The van der Waals surface area contributed by atoms with Crippen molar-refractivity contribution in [2.24, 2.45) is 4.99 Å². The van der Waals surface area contributed by atoms with Gasteiger partial charge in [-0.25, -0.2) is 8.42 Å². The first-order valence-corrected chi connectivity index (χ1v) is 11.0. The fourth-order valence-electron chi connectivity index (χ4n) is 3.76. The highest BCUT2D eigenvalue weighted by atomic mass is 127. The van der Waals surface area contributed by atoms with Crippen molar-refractivity contribution < 1.29 is 8.42 Å². The van der Waals surface area contributed by atoms with Crippen LogP contribution in [-0.2, 0) is 16.4 Å². The number of nitrogens with one attached hydrogen (secondary N) is 2. The molecule has 1 aromatic heterocycles. The maximum Gasteiger partial charge on any atom is 0.193 e. The molecule has 1 aromatic carbocycles. The minimum absolute atomic E-state index is 0. The van der Waals surface area contributed by atoms with Crippen LogP contribution in [0.25, 0.3) is 10.9 Å². The van der Waals surface area contributed by atoms with Gasteiger partial charge in [-0.05, 0) is 51.8 Å². The Bertz CT molecular complexity index is 1010. The van der Waals surface area contributed by atoms with Crippen molar-refractivity contribution in [3.8, 4) is 0 Å². The van der Waals surface area contributed by atoms with E-state index in [1.807, 2.05) is 4.90 Å². The number of fused-ring (bicyclic) bond motifs is 1. The quantitative estimate of drug-likeness (QED) is 0.364. The lowest BCUT2D eigenvalue weighted by atomic mass is 10.0. The van der Waals surface area contributed by atoms with Crippen molar-refractivity contribution >= 4 is 50.7 Å². The van der Waals surface area contributed by atoms with E-state index in [9.17, 15) is 8.42 Å². The number of hydrogen-bond donors (Lipinski definition) is 2. The summed E-state index contributed by atoms with van der Waals surface area (Å²) in [5, 5.41) is 4.68. The Kier molecular flexibility index (Phi) is 6.75. The number of aliphatic imine (C=N–C) groups is 1. The van der Waals surface area contributed by atoms with Crippen LogP contribution >= 0.6 is 24.0 Å². The van der Waals surface area contributed by atoms with Gasteiger partial charge in [0.25, 0.3) is 0 Å². The highest BCUT2D eigenvalue weighted by Gasteiger charge is 2.40. The van der Waals surface area contributed by atoms with Crippen molar-refractivity contribution in [1.82, 2.24) is 15.2 Å². The molecule has 2 aromatic rings. The van der Waals surface area contributed by atoms with E-state index in [1.54, 1.807) is 20.9 Å². The smallest absolute Gasteiger partial charge is 0.193 e. The molecule has 0 amide bonds. The zero-order valence-electron chi connectivity index (χ0n) is 17.5. The predicted octanol–water partition coefficient (Wildman–Crippen LogP) is 3.30. The van der Waals surface area contributed by atoms with Gasteiger partial charge >= 0.3 is 0 Å². The Hall–Kier alpha value is -1.29. The first kappa shape index (κ1) is 23.0. The summed E-state index contributed by atoms with van der Waals surface area (Å²) in [7, 11) is -1.33. The topological polar surface area (TPSA) is 77.6 Å². The Morgan fingerprint density at radius 2 is 1.96 bits per heavy atom. The SMILES string of the molecule is CN=C(NCc1cc(C)cc2c(C)c(C)[nH]c12)N1CCS(=O)(=O)C(C)(C)C1.I. The highest BCUT2D eigenvalue weighted by molar-refractivity contribution is 14.0. The molecular formula is C20H31IN4O2S. The number of aromatic amines is 1. The maximum absolute atomic E-state index is 12.3. The molecule has 28 heavy (non-hydrogen) atoms. The molecule has 0 saturated carbocycles. The third-order valence-electron chi connectivity index (χ3n) is 5.64. The third-order valence-corrected chi connectivity index (χ3v) is 8.17. The molecule has 1 aliphatic heterocycles. The minimum Gasteiger partial charge on any atom is -0.358 e. The van der Waals surface area contributed by atoms with E-state index in [0.717, 1.165) is 11.5 Å². The van der Waals surface area contributed by atoms with E-state index in [-0.39, 0.29) is 29.7 Å². The van der Waals surface area contributed by atoms with Gasteiger partial charge in [-0.3, -0.25) is 4.99 Å². The lowest BCUT2D eigenvalue weighted by molar-refractivity contribution is 0.353. The molecule has 8 heteroatoms. The second-order valence-electron chi connectivity index (χ2n) is 8.12. The summed E-state index contributed by atoms with van der Waals surface area (Å²) in [4.78, 5) is 9.93. The summed E-state index contributed by atoms with van der Waals surface area (Å²) < 4.78 is 23.8. The molecule has 1 saturated heterocycles. The first-order chi connectivity index (χ1) is 12.6. The van der Waals surface area contributed by atoms with Crippen LogP contribution in [0.3, 0.4) is 0 Å². The average Bonchev–Trinajstić information content (AvgIpc) is 2.86. The number of aromatic nitrogens is 1. The Morgan fingerprint density at radius 3 is 2.57 bits per heavy atom. The Labute approximate surface area is 185 Å². The van der Waals surface area contributed by atoms with Crippen molar-refractivity contribution in [2.45, 2.75) is 45.9 Å². The Balaban J connectivity index is 0.00000280. The van der Waals surface area contributed by atoms with E-state index >= 15 is 0 Å². The summed E-state index contributed by atoms with van der Waals surface area (Å²) >= 11 is 0. The first-order valence-electron chi connectivity index (χ1n) is 9.32. The van der Waals surface area contributed by atoms with E-state index in [1.165, 1.54) is 27.8 Å². The number of benzene rings is 1. The van der Waals surface area contributed by atoms with Crippen molar-refractivity contribution in [1.29, 1.82) is 0 Å². The molecule has 2 heterocycles. The predicted molar refractivity (Wildman–Crippen MR) is 128 cm³/mol. The summed E-state index contributed by atoms with van der Waals surface area (Å²) in [5.41, 5.74) is 6.03. The number of halogens is 1. The molecule has 1 aliphatic rings. The molecule has 156 valence electrons. The molecule has 0 aliphatic carbocycles. The highest BCUT2D eigenvalue weighted by Crippen LogP contribution is 2.27. The van der Waals surface area contributed by atoms with Crippen LogP contribution < -0.4 is 5.32 Å². The molecule has 0 spiro atoms. The van der Waals surface area contributed by atoms with E-state index in [4.69, 9.17) is 0 Å². The summed E-state index contributed by atoms with van der Waals surface area (Å²) in [6, 6.07) is 4.40. The second-order valence-corrected chi connectivity index (χ2v) is 10.9. The lowest BCUT2D eigenvalue weighted by Gasteiger charge is -2.39. The van der Waals surface area contributed by atoms with Gasteiger partial charge in [0.1, 0.15) is 0 Å². The van der Waals surface area contributed by atoms with Gasteiger partial charge in [0, 0.05) is 37.8 Å². The van der Waals surface area contributed by atoms with E-state index < -0.39 is 14.6 Å². The van der Waals surface area contributed by atoms with Crippen molar-refractivity contribution in [2.75, 3.05) is 25.9 Å². The average molecular weight is 518 g/mol. The fourth-order valence-corrected chi connectivity index (χ4v) is 5.12. The third kappa shape index (κ3) is 4.17. The number of nitrogens with zero attached hydrogens (tertiary/aromatic N) is 2. The van der Waals surface area contributed by atoms with Gasteiger partial charge in [-0.2, -0.15) is 0 Å². The van der Waals surface area contributed by atoms with Gasteiger partial charge in [0.2, 0.25) is 0 Å². The number of sulfone groups is 1. The van der Waals surface area contributed by atoms with Crippen molar-refractivity contribution in [3.63, 3.8) is 0 Å². The molecule has 1 fully saturated rings. The van der Waals surface area contributed by atoms with Gasteiger partial charge in [-0.15, -0.1) is 24.0 Å². The molecule has 0 bridgehead atoms. The monoisotopic (exact) mass is 518 g/mol. The number of aryl methyl sites for hydroxylation is 3. The molecule has 3 rings (SSSR count). The Morgan fingerprint density at radius 1 is 1.29 bits per heavy atom. The zero-order valence-corrected chi connectivity index (χ0v) is 20.7. The number of H-pyrrole nitrogens is 1. The molecule has 6 nitrogen and oxygen atoms in total. The fraction of sp³-hybridized carbons (Fsp3) is 0.550. The van der Waals surface area contributed by atoms with Crippen LogP contribution in [-0.4, -0.2) is 54.9 Å². The molecule has 0 atom stereocenters.